The van der Waals surface area contributed by atoms with Gasteiger partial charge in [-0.15, -0.1) is 0 Å². The topological polar surface area (TPSA) is 64.4 Å². The highest BCUT2D eigenvalue weighted by molar-refractivity contribution is 5.80. The van der Waals surface area contributed by atoms with E-state index >= 15 is 0 Å². The van der Waals surface area contributed by atoms with Gasteiger partial charge in [-0.05, 0) is 25.5 Å². The van der Waals surface area contributed by atoms with Crippen molar-refractivity contribution in [1.29, 1.82) is 0 Å². The second-order valence-electron chi connectivity index (χ2n) is 5.56. The highest BCUT2D eigenvalue weighted by Crippen LogP contribution is 2.14. The van der Waals surface area contributed by atoms with Crippen molar-refractivity contribution in [1.82, 2.24) is 14.5 Å². The molecule has 1 amide bonds. The Morgan fingerprint density at radius 2 is 2.18 bits per heavy atom. The molecule has 1 unspecified atom stereocenters. The van der Waals surface area contributed by atoms with Crippen molar-refractivity contribution < 1.29 is 9.53 Å². The normalized spacial score (nSPS) is 18.1. The zero-order valence-corrected chi connectivity index (χ0v) is 12.8. The monoisotopic (exact) mass is 301 g/mol. The lowest BCUT2D eigenvalue weighted by Gasteiger charge is -2.18. The summed E-state index contributed by atoms with van der Waals surface area (Å²) in [5, 5.41) is 0. The Balaban J connectivity index is 1.92. The van der Waals surface area contributed by atoms with Crippen LogP contribution >= 0.6 is 0 Å². The van der Waals surface area contributed by atoms with Crippen LogP contribution in [0.15, 0.2) is 29.1 Å². The third-order valence-corrected chi connectivity index (χ3v) is 4.14. The Morgan fingerprint density at radius 1 is 1.41 bits per heavy atom. The minimum atomic E-state index is -0.213. The quantitative estimate of drug-likeness (QED) is 0.847. The molecule has 0 spiro atoms. The summed E-state index contributed by atoms with van der Waals surface area (Å²) in [5.41, 5.74) is 1.61. The number of methoxy groups -OCH3 is 1. The number of likely N-dealkylation sites (tertiary alicyclic amines) is 1. The van der Waals surface area contributed by atoms with Gasteiger partial charge in [-0.1, -0.05) is 12.1 Å². The maximum Gasteiger partial charge on any atom is 0.272 e. The van der Waals surface area contributed by atoms with Gasteiger partial charge in [-0.2, -0.15) is 0 Å². The third-order valence-electron chi connectivity index (χ3n) is 4.14. The average molecular weight is 301 g/mol. The van der Waals surface area contributed by atoms with E-state index in [2.05, 4.69) is 4.98 Å². The number of carbonyl (C=O) groups is 1. The molecule has 116 valence electrons. The van der Waals surface area contributed by atoms with Gasteiger partial charge in [0.15, 0.2) is 0 Å². The minimum Gasteiger partial charge on any atom is -0.380 e. The van der Waals surface area contributed by atoms with Gasteiger partial charge >= 0.3 is 0 Å². The van der Waals surface area contributed by atoms with Gasteiger partial charge in [0.25, 0.3) is 5.56 Å². The Bertz CT molecular complexity index is 769. The molecule has 1 fully saturated rings. The van der Waals surface area contributed by atoms with Crippen LogP contribution in [0, 0.1) is 6.92 Å². The van der Waals surface area contributed by atoms with E-state index in [0.29, 0.717) is 24.3 Å². The summed E-state index contributed by atoms with van der Waals surface area (Å²) in [6.07, 6.45) is 0.935. The van der Waals surface area contributed by atoms with Gasteiger partial charge in [0, 0.05) is 20.2 Å². The summed E-state index contributed by atoms with van der Waals surface area (Å²) in [6, 6.07) is 7.38. The smallest absolute Gasteiger partial charge is 0.272 e. The number of fused-ring (bicyclic) bond motifs is 1. The number of hydrogen-bond donors (Lipinski definition) is 0. The van der Waals surface area contributed by atoms with Crippen molar-refractivity contribution in [2.45, 2.75) is 26.0 Å². The van der Waals surface area contributed by atoms with Gasteiger partial charge in [-0.3, -0.25) is 14.2 Å². The predicted octanol–water partition coefficient (Wildman–Crippen LogP) is 0.952. The van der Waals surface area contributed by atoms with E-state index in [1.54, 1.807) is 18.9 Å². The summed E-state index contributed by atoms with van der Waals surface area (Å²) in [5.74, 6) is -0.0580. The first-order valence-corrected chi connectivity index (χ1v) is 7.37. The fourth-order valence-corrected chi connectivity index (χ4v) is 2.86. The van der Waals surface area contributed by atoms with Crippen LogP contribution in [0.2, 0.25) is 0 Å². The van der Waals surface area contributed by atoms with Crippen LogP contribution < -0.4 is 5.56 Å². The molecule has 1 aromatic carbocycles. The van der Waals surface area contributed by atoms with Crippen LogP contribution in [0.25, 0.3) is 11.0 Å². The maximum atomic E-state index is 12.5. The number of para-hydroxylation sites is 2. The average Bonchev–Trinajstić information content (AvgIpc) is 3.01. The second-order valence-corrected chi connectivity index (χ2v) is 5.56. The first-order valence-electron chi connectivity index (χ1n) is 7.37. The van der Waals surface area contributed by atoms with Crippen LogP contribution in [-0.2, 0) is 16.1 Å². The molecule has 1 atom stereocenters. The Labute approximate surface area is 128 Å². The molecule has 0 radical (unpaired) electrons. The SMILES string of the molecule is COC1CCN(C(=O)Cn2c(=O)c(C)nc3ccccc32)C1. The van der Waals surface area contributed by atoms with Gasteiger partial charge in [0.1, 0.15) is 12.2 Å². The molecule has 0 aliphatic carbocycles. The van der Waals surface area contributed by atoms with Gasteiger partial charge in [0.05, 0.1) is 17.1 Å². The lowest BCUT2D eigenvalue weighted by Crippen LogP contribution is -2.36. The number of amides is 1. The fraction of sp³-hybridized carbons (Fsp3) is 0.438. The Kier molecular flexibility index (Phi) is 3.94. The molecule has 0 saturated carbocycles. The van der Waals surface area contributed by atoms with Crippen molar-refractivity contribution >= 4 is 16.9 Å². The van der Waals surface area contributed by atoms with Gasteiger partial charge < -0.3 is 9.64 Å². The fourth-order valence-electron chi connectivity index (χ4n) is 2.86. The first-order chi connectivity index (χ1) is 10.6. The third kappa shape index (κ3) is 2.62. The van der Waals surface area contributed by atoms with Crippen molar-refractivity contribution in [3.63, 3.8) is 0 Å². The van der Waals surface area contributed by atoms with E-state index in [1.165, 1.54) is 4.57 Å². The van der Waals surface area contributed by atoms with Crippen LogP contribution in [0.3, 0.4) is 0 Å². The van der Waals surface area contributed by atoms with Crippen molar-refractivity contribution in [2.75, 3.05) is 20.2 Å². The molecular weight excluding hydrogens is 282 g/mol. The van der Waals surface area contributed by atoms with Crippen molar-refractivity contribution in [3.8, 4) is 0 Å². The lowest BCUT2D eigenvalue weighted by molar-refractivity contribution is -0.131. The number of nitrogens with zero attached hydrogens (tertiary/aromatic N) is 3. The zero-order chi connectivity index (χ0) is 15.7. The zero-order valence-electron chi connectivity index (χ0n) is 12.8. The molecule has 2 heterocycles. The lowest BCUT2D eigenvalue weighted by atomic mass is 10.2. The summed E-state index contributed by atoms with van der Waals surface area (Å²) in [6.45, 7) is 2.98. The molecule has 0 N–H and O–H groups in total. The predicted molar refractivity (Wildman–Crippen MR) is 82.7 cm³/mol. The van der Waals surface area contributed by atoms with E-state index in [4.69, 9.17) is 4.74 Å². The molecule has 2 aromatic rings. The molecule has 6 heteroatoms. The second kappa shape index (κ2) is 5.88. The van der Waals surface area contributed by atoms with Crippen LogP contribution in [0.5, 0.6) is 0 Å². The molecule has 1 aromatic heterocycles. The number of aromatic nitrogens is 2. The maximum absolute atomic E-state index is 12.5. The summed E-state index contributed by atoms with van der Waals surface area (Å²) >= 11 is 0. The molecular formula is C16H19N3O3. The van der Waals surface area contributed by atoms with Gasteiger partial charge in [0.2, 0.25) is 5.91 Å². The Hall–Kier alpha value is -2.21. The number of aryl methyl sites for hydroxylation is 1. The van der Waals surface area contributed by atoms with Crippen LogP contribution in [-0.4, -0.2) is 46.7 Å². The van der Waals surface area contributed by atoms with E-state index in [0.717, 1.165) is 11.9 Å². The van der Waals surface area contributed by atoms with E-state index in [1.807, 2.05) is 24.3 Å². The number of carbonyl (C=O) groups excluding carboxylic acids is 1. The highest BCUT2D eigenvalue weighted by atomic mass is 16.5. The first kappa shape index (κ1) is 14.7. The van der Waals surface area contributed by atoms with Gasteiger partial charge in [-0.25, -0.2) is 4.98 Å². The number of ether oxygens (including phenoxy) is 1. The Morgan fingerprint density at radius 3 is 2.91 bits per heavy atom. The molecule has 1 aliphatic heterocycles. The molecule has 22 heavy (non-hydrogen) atoms. The number of hydrogen-bond acceptors (Lipinski definition) is 4. The number of rotatable bonds is 3. The molecule has 3 rings (SSSR count). The summed E-state index contributed by atoms with van der Waals surface area (Å²) in [4.78, 5) is 30.9. The minimum absolute atomic E-state index is 0.0408. The molecule has 6 nitrogen and oxygen atoms in total. The van der Waals surface area contributed by atoms with Crippen molar-refractivity contribution in [2.24, 2.45) is 0 Å². The van der Waals surface area contributed by atoms with Crippen molar-refractivity contribution in [3.05, 3.63) is 40.3 Å². The number of benzene rings is 1. The summed E-state index contributed by atoms with van der Waals surface area (Å²) in [7, 11) is 1.66. The molecule has 1 saturated heterocycles. The standard InChI is InChI=1S/C16H19N3O3/c1-11-16(21)19(14-6-4-3-5-13(14)17-11)10-15(20)18-8-7-12(9-18)22-2/h3-6,12H,7-10H2,1-2H3. The van der Waals surface area contributed by atoms with E-state index < -0.39 is 0 Å². The highest BCUT2D eigenvalue weighted by Gasteiger charge is 2.26. The molecule has 0 bridgehead atoms. The van der Waals surface area contributed by atoms with Crippen LogP contribution in [0.4, 0.5) is 0 Å². The van der Waals surface area contributed by atoms with E-state index in [9.17, 15) is 9.59 Å². The summed E-state index contributed by atoms with van der Waals surface area (Å²) < 4.78 is 6.80. The van der Waals surface area contributed by atoms with Crippen LogP contribution in [0.1, 0.15) is 12.1 Å². The van der Waals surface area contributed by atoms with E-state index in [-0.39, 0.29) is 24.1 Å². The molecule has 1 aliphatic rings. The largest absolute Gasteiger partial charge is 0.380 e.